The van der Waals surface area contributed by atoms with Crippen LogP contribution in [-0.2, 0) is 6.42 Å². The summed E-state index contributed by atoms with van der Waals surface area (Å²) in [6.45, 7) is 7.90. The highest BCUT2D eigenvalue weighted by atomic mass is 35.5. The molecule has 1 nitrogen and oxygen atoms in total. The van der Waals surface area contributed by atoms with Crippen LogP contribution in [0.4, 0.5) is 0 Å². The van der Waals surface area contributed by atoms with Gasteiger partial charge in [-0.05, 0) is 70.5 Å². The molecule has 1 aliphatic carbocycles. The van der Waals surface area contributed by atoms with E-state index >= 15 is 0 Å². The minimum Gasteiger partial charge on any atom is -0.312 e. The third-order valence-electron chi connectivity index (χ3n) is 3.80. The fourth-order valence-corrected chi connectivity index (χ4v) is 3.99. The summed E-state index contributed by atoms with van der Waals surface area (Å²) in [5.41, 5.74) is 0.235. The topological polar surface area (TPSA) is 12.0 Å². The van der Waals surface area contributed by atoms with Crippen molar-refractivity contribution >= 4 is 22.9 Å². The zero-order valence-corrected chi connectivity index (χ0v) is 13.2. The van der Waals surface area contributed by atoms with Crippen LogP contribution in [0.5, 0.6) is 0 Å². The molecule has 18 heavy (non-hydrogen) atoms. The minimum atomic E-state index is 0.235. The molecule has 2 unspecified atom stereocenters. The maximum atomic E-state index is 6.01. The number of nitrogens with one attached hydrogen (secondary N) is 1. The van der Waals surface area contributed by atoms with Gasteiger partial charge in [-0.15, -0.1) is 11.3 Å². The lowest BCUT2D eigenvalue weighted by Crippen LogP contribution is -2.40. The first kappa shape index (κ1) is 14.4. The van der Waals surface area contributed by atoms with Gasteiger partial charge in [0.05, 0.1) is 4.34 Å². The Labute approximate surface area is 120 Å². The molecule has 2 atom stereocenters. The number of rotatable bonds is 4. The Morgan fingerprint density at radius 2 is 2.00 bits per heavy atom. The van der Waals surface area contributed by atoms with Crippen molar-refractivity contribution in [3.05, 3.63) is 21.3 Å². The molecular formula is C15H24ClNS. The summed E-state index contributed by atoms with van der Waals surface area (Å²) in [5.74, 6) is 1.68. The van der Waals surface area contributed by atoms with E-state index in [2.05, 4.69) is 32.2 Å². The highest BCUT2D eigenvalue weighted by molar-refractivity contribution is 7.16. The fourth-order valence-electron chi connectivity index (χ4n) is 2.81. The molecule has 1 N–H and O–H groups in total. The van der Waals surface area contributed by atoms with Gasteiger partial charge in [0.1, 0.15) is 0 Å². The lowest BCUT2D eigenvalue weighted by Gasteiger charge is -2.26. The second-order valence-corrected chi connectivity index (χ2v) is 8.29. The number of halogens is 1. The van der Waals surface area contributed by atoms with Gasteiger partial charge in [-0.2, -0.15) is 0 Å². The summed E-state index contributed by atoms with van der Waals surface area (Å²) < 4.78 is 0.923. The third-order valence-corrected chi connectivity index (χ3v) is 5.06. The van der Waals surface area contributed by atoms with Crippen molar-refractivity contribution in [2.45, 2.75) is 52.0 Å². The molecule has 3 heteroatoms. The number of hydrogen-bond acceptors (Lipinski definition) is 2. The van der Waals surface area contributed by atoms with E-state index < -0.39 is 0 Å². The molecule has 1 aromatic heterocycles. The molecule has 1 aromatic rings. The fraction of sp³-hybridized carbons (Fsp3) is 0.733. The van der Waals surface area contributed by atoms with Gasteiger partial charge >= 0.3 is 0 Å². The van der Waals surface area contributed by atoms with E-state index in [4.69, 9.17) is 11.6 Å². The zero-order valence-electron chi connectivity index (χ0n) is 11.6. The van der Waals surface area contributed by atoms with Crippen molar-refractivity contribution in [3.8, 4) is 0 Å². The molecule has 0 saturated heterocycles. The molecule has 2 rings (SSSR count). The molecule has 0 amide bonds. The normalized spacial score (nSPS) is 24.7. The molecule has 102 valence electrons. The van der Waals surface area contributed by atoms with Gasteiger partial charge in [0.2, 0.25) is 0 Å². The molecule has 1 saturated carbocycles. The van der Waals surface area contributed by atoms with Crippen LogP contribution in [0.25, 0.3) is 0 Å². The predicted molar refractivity (Wildman–Crippen MR) is 81.6 cm³/mol. The van der Waals surface area contributed by atoms with Crippen LogP contribution < -0.4 is 5.32 Å². The minimum absolute atomic E-state index is 0.235. The molecule has 1 aliphatic rings. The molecule has 1 heterocycles. The summed E-state index contributed by atoms with van der Waals surface area (Å²) in [5, 5.41) is 3.66. The van der Waals surface area contributed by atoms with Crippen LogP contribution in [0.15, 0.2) is 12.1 Å². The molecule has 0 aliphatic heterocycles. The van der Waals surface area contributed by atoms with Crippen molar-refractivity contribution in [2.24, 2.45) is 11.8 Å². The van der Waals surface area contributed by atoms with Crippen LogP contribution in [-0.4, -0.2) is 12.1 Å². The summed E-state index contributed by atoms with van der Waals surface area (Å²) in [4.78, 5) is 1.45. The van der Waals surface area contributed by atoms with Gasteiger partial charge in [0, 0.05) is 10.4 Å². The van der Waals surface area contributed by atoms with Crippen LogP contribution >= 0.6 is 22.9 Å². The predicted octanol–water partition coefficient (Wildman–Crippen LogP) is 4.75. The Bertz CT molecular complexity index is 380. The van der Waals surface area contributed by atoms with E-state index in [1.807, 2.05) is 6.07 Å². The first-order valence-electron chi connectivity index (χ1n) is 6.93. The highest BCUT2D eigenvalue weighted by Gasteiger charge is 2.28. The van der Waals surface area contributed by atoms with Gasteiger partial charge in [0.15, 0.2) is 0 Å². The van der Waals surface area contributed by atoms with E-state index in [1.54, 1.807) is 11.3 Å². The molecule has 0 aromatic carbocycles. The Balaban J connectivity index is 1.87. The van der Waals surface area contributed by atoms with Crippen molar-refractivity contribution in [1.82, 2.24) is 5.32 Å². The molecule has 0 radical (unpaired) electrons. The Hall–Kier alpha value is -0.0500. The lowest BCUT2D eigenvalue weighted by atomic mass is 9.91. The van der Waals surface area contributed by atoms with Crippen molar-refractivity contribution in [2.75, 3.05) is 6.54 Å². The van der Waals surface area contributed by atoms with Gasteiger partial charge in [-0.25, -0.2) is 0 Å². The van der Waals surface area contributed by atoms with Crippen LogP contribution in [0.3, 0.4) is 0 Å². The zero-order chi connectivity index (χ0) is 13.2. The summed E-state index contributed by atoms with van der Waals surface area (Å²) >= 11 is 7.75. The summed E-state index contributed by atoms with van der Waals surface area (Å²) in [6, 6.07) is 4.22. The Morgan fingerprint density at radius 1 is 1.28 bits per heavy atom. The average Bonchev–Trinajstić information content (AvgIpc) is 2.85. The van der Waals surface area contributed by atoms with E-state index in [1.165, 1.54) is 30.6 Å². The quantitative estimate of drug-likeness (QED) is 0.842. The molecule has 1 fully saturated rings. The number of hydrogen-bond donors (Lipinski definition) is 1. The summed E-state index contributed by atoms with van der Waals surface area (Å²) in [6.07, 6.45) is 5.37. The molecular weight excluding hydrogens is 262 g/mol. The monoisotopic (exact) mass is 285 g/mol. The van der Waals surface area contributed by atoms with Gasteiger partial charge < -0.3 is 5.32 Å². The van der Waals surface area contributed by atoms with Crippen LogP contribution in [0, 0.1) is 11.8 Å². The first-order valence-corrected chi connectivity index (χ1v) is 8.13. The standard InChI is InChI=1S/C15H24ClNS/c1-15(2,3)17-10-12-6-4-5-11(12)9-13-7-8-14(16)18-13/h7-8,11-12,17H,4-6,9-10H2,1-3H3. The third kappa shape index (κ3) is 4.25. The second kappa shape index (κ2) is 5.94. The van der Waals surface area contributed by atoms with Gasteiger partial charge in [0.25, 0.3) is 0 Å². The SMILES string of the molecule is CC(C)(C)NCC1CCCC1Cc1ccc(Cl)s1. The maximum Gasteiger partial charge on any atom is 0.0931 e. The maximum absolute atomic E-state index is 6.01. The van der Waals surface area contributed by atoms with Crippen molar-refractivity contribution < 1.29 is 0 Å². The van der Waals surface area contributed by atoms with E-state index in [0.717, 1.165) is 22.7 Å². The van der Waals surface area contributed by atoms with Gasteiger partial charge in [-0.3, -0.25) is 0 Å². The largest absolute Gasteiger partial charge is 0.312 e. The van der Waals surface area contributed by atoms with Crippen molar-refractivity contribution in [3.63, 3.8) is 0 Å². The van der Waals surface area contributed by atoms with Crippen molar-refractivity contribution in [1.29, 1.82) is 0 Å². The van der Waals surface area contributed by atoms with E-state index in [-0.39, 0.29) is 5.54 Å². The Kier molecular flexibility index (Phi) is 4.74. The second-order valence-electron chi connectivity index (χ2n) is 6.49. The smallest absolute Gasteiger partial charge is 0.0931 e. The van der Waals surface area contributed by atoms with Gasteiger partial charge in [-0.1, -0.05) is 18.0 Å². The Morgan fingerprint density at radius 3 is 2.61 bits per heavy atom. The highest BCUT2D eigenvalue weighted by Crippen LogP contribution is 2.36. The van der Waals surface area contributed by atoms with E-state index in [0.29, 0.717) is 0 Å². The lowest BCUT2D eigenvalue weighted by molar-refractivity contribution is 0.318. The molecule has 0 bridgehead atoms. The molecule has 0 spiro atoms. The summed E-state index contributed by atoms with van der Waals surface area (Å²) in [7, 11) is 0. The van der Waals surface area contributed by atoms with Crippen LogP contribution in [0.1, 0.15) is 44.9 Å². The van der Waals surface area contributed by atoms with E-state index in [9.17, 15) is 0 Å². The first-order chi connectivity index (χ1) is 8.44. The number of thiophene rings is 1. The average molecular weight is 286 g/mol. The van der Waals surface area contributed by atoms with Crippen LogP contribution in [0.2, 0.25) is 4.34 Å².